The predicted octanol–water partition coefficient (Wildman–Crippen LogP) is 2.54. The SMILES string of the molecule is COc1ccc(CNc2cc(C)ccc2F)nn1. The molecule has 0 aliphatic carbocycles. The van der Waals surface area contributed by atoms with E-state index in [1.165, 1.54) is 13.2 Å². The minimum absolute atomic E-state index is 0.276. The van der Waals surface area contributed by atoms with E-state index in [0.29, 0.717) is 18.1 Å². The first-order valence-electron chi connectivity index (χ1n) is 5.55. The van der Waals surface area contributed by atoms with Crippen LogP contribution in [-0.4, -0.2) is 17.3 Å². The number of methoxy groups -OCH3 is 1. The van der Waals surface area contributed by atoms with Crippen molar-refractivity contribution >= 4 is 5.69 Å². The van der Waals surface area contributed by atoms with Gasteiger partial charge in [0.2, 0.25) is 5.88 Å². The van der Waals surface area contributed by atoms with Crippen LogP contribution in [0, 0.1) is 12.7 Å². The number of aromatic nitrogens is 2. The molecule has 1 heterocycles. The number of anilines is 1. The molecule has 0 aliphatic heterocycles. The summed E-state index contributed by atoms with van der Waals surface area (Å²) in [4.78, 5) is 0. The third kappa shape index (κ3) is 2.94. The molecule has 0 bridgehead atoms. The molecule has 0 amide bonds. The molecule has 1 aromatic heterocycles. The molecule has 5 heteroatoms. The van der Waals surface area contributed by atoms with Gasteiger partial charge in [-0.25, -0.2) is 4.39 Å². The molecular formula is C13H14FN3O. The van der Waals surface area contributed by atoms with Crippen LogP contribution in [0.4, 0.5) is 10.1 Å². The predicted molar refractivity (Wildman–Crippen MR) is 67.0 cm³/mol. The van der Waals surface area contributed by atoms with E-state index in [0.717, 1.165) is 11.3 Å². The molecule has 2 aromatic rings. The third-order valence-corrected chi connectivity index (χ3v) is 2.49. The number of rotatable bonds is 4. The fraction of sp³-hybridized carbons (Fsp3) is 0.231. The van der Waals surface area contributed by atoms with Crippen LogP contribution in [0.1, 0.15) is 11.3 Å². The van der Waals surface area contributed by atoms with Crippen molar-refractivity contribution < 1.29 is 9.13 Å². The number of nitrogens with zero attached hydrogens (tertiary/aromatic N) is 2. The molecule has 0 unspecified atom stereocenters. The van der Waals surface area contributed by atoms with Crippen molar-refractivity contribution in [3.05, 3.63) is 47.4 Å². The maximum Gasteiger partial charge on any atom is 0.233 e. The molecule has 0 atom stereocenters. The summed E-state index contributed by atoms with van der Waals surface area (Å²) >= 11 is 0. The molecule has 4 nitrogen and oxygen atoms in total. The van der Waals surface area contributed by atoms with Crippen molar-refractivity contribution in [2.24, 2.45) is 0 Å². The number of ether oxygens (including phenoxy) is 1. The lowest BCUT2D eigenvalue weighted by Crippen LogP contribution is -2.04. The van der Waals surface area contributed by atoms with Gasteiger partial charge < -0.3 is 10.1 Å². The molecular weight excluding hydrogens is 233 g/mol. The van der Waals surface area contributed by atoms with Crippen LogP contribution in [0.25, 0.3) is 0 Å². The normalized spacial score (nSPS) is 10.2. The second-order valence-electron chi connectivity index (χ2n) is 3.90. The van der Waals surface area contributed by atoms with Gasteiger partial charge in [0.1, 0.15) is 5.82 Å². The van der Waals surface area contributed by atoms with E-state index in [-0.39, 0.29) is 5.82 Å². The minimum Gasteiger partial charge on any atom is -0.480 e. The van der Waals surface area contributed by atoms with E-state index in [2.05, 4.69) is 15.5 Å². The van der Waals surface area contributed by atoms with E-state index in [9.17, 15) is 4.39 Å². The molecule has 0 saturated heterocycles. The van der Waals surface area contributed by atoms with E-state index in [1.807, 2.05) is 6.92 Å². The standard InChI is InChI=1S/C13H14FN3O/c1-9-3-5-11(14)12(7-9)15-8-10-4-6-13(18-2)17-16-10/h3-7,15H,8H2,1-2H3. The first-order chi connectivity index (χ1) is 8.69. The summed E-state index contributed by atoms with van der Waals surface area (Å²) in [6, 6.07) is 8.43. The summed E-state index contributed by atoms with van der Waals surface area (Å²) < 4.78 is 18.4. The molecule has 18 heavy (non-hydrogen) atoms. The maximum absolute atomic E-state index is 13.5. The quantitative estimate of drug-likeness (QED) is 0.902. The number of nitrogens with one attached hydrogen (secondary N) is 1. The minimum atomic E-state index is -0.276. The molecule has 0 fully saturated rings. The number of aryl methyl sites for hydroxylation is 1. The monoisotopic (exact) mass is 247 g/mol. The molecule has 0 radical (unpaired) electrons. The molecule has 1 aromatic carbocycles. The van der Waals surface area contributed by atoms with Crippen molar-refractivity contribution in [3.63, 3.8) is 0 Å². The van der Waals surface area contributed by atoms with Crippen LogP contribution in [0.5, 0.6) is 5.88 Å². The van der Waals surface area contributed by atoms with Crippen molar-refractivity contribution in [2.45, 2.75) is 13.5 Å². The summed E-state index contributed by atoms with van der Waals surface area (Å²) in [5, 5.41) is 10.8. The molecule has 0 aliphatic rings. The smallest absolute Gasteiger partial charge is 0.233 e. The van der Waals surface area contributed by atoms with Gasteiger partial charge in [0, 0.05) is 6.07 Å². The highest BCUT2D eigenvalue weighted by Gasteiger charge is 2.03. The largest absolute Gasteiger partial charge is 0.480 e. The van der Waals surface area contributed by atoms with Crippen LogP contribution in [0.15, 0.2) is 30.3 Å². The Morgan fingerprint density at radius 3 is 2.72 bits per heavy atom. The Hall–Kier alpha value is -2.17. The second-order valence-corrected chi connectivity index (χ2v) is 3.90. The Bertz CT molecular complexity index is 528. The molecule has 0 spiro atoms. The van der Waals surface area contributed by atoms with Crippen LogP contribution in [-0.2, 0) is 6.54 Å². The summed E-state index contributed by atoms with van der Waals surface area (Å²) in [7, 11) is 1.53. The van der Waals surface area contributed by atoms with Crippen LogP contribution < -0.4 is 10.1 Å². The summed E-state index contributed by atoms with van der Waals surface area (Å²) in [5.41, 5.74) is 2.18. The van der Waals surface area contributed by atoms with Gasteiger partial charge in [-0.15, -0.1) is 5.10 Å². The fourth-order valence-electron chi connectivity index (χ4n) is 1.51. The zero-order valence-corrected chi connectivity index (χ0v) is 10.3. The van der Waals surface area contributed by atoms with Crippen LogP contribution in [0.3, 0.4) is 0 Å². The van der Waals surface area contributed by atoms with Gasteiger partial charge >= 0.3 is 0 Å². The third-order valence-electron chi connectivity index (χ3n) is 2.49. The molecule has 1 N–H and O–H groups in total. The van der Waals surface area contributed by atoms with E-state index < -0.39 is 0 Å². The highest BCUT2D eigenvalue weighted by atomic mass is 19.1. The van der Waals surface area contributed by atoms with Gasteiger partial charge in [-0.1, -0.05) is 6.07 Å². The average Bonchev–Trinajstić information content (AvgIpc) is 2.40. The van der Waals surface area contributed by atoms with Crippen molar-refractivity contribution in [3.8, 4) is 5.88 Å². The maximum atomic E-state index is 13.5. The molecule has 0 saturated carbocycles. The molecule has 94 valence electrons. The van der Waals surface area contributed by atoms with Crippen LogP contribution >= 0.6 is 0 Å². The number of hydrogen-bond acceptors (Lipinski definition) is 4. The fourth-order valence-corrected chi connectivity index (χ4v) is 1.51. The Morgan fingerprint density at radius 2 is 2.06 bits per heavy atom. The first kappa shape index (κ1) is 12.3. The number of benzene rings is 1. The van der Waals surface area contributed by atoms with Gasteiger partial charge in [0.05, 0.1) is 25.0 Å². The van der Waals surface area contributed by atoms with Crippen molar-refractivity contribution in [1.82, 2.24) is 10.2 Å². The van der Waals surface area contributed by atoms with Gasteiger partial charge in [-0.2, -0.15) is 5.10 Å². The highest BCUT2D eigenvalue weighted by molar-refractivity contribution is 5.47. The zero-order chi connectivity index (χ0) is 13.0. The summed E-state index contributed by atoms with van der Waals surface area (Å²) in [6.45, 7) is 2.33. The highest BCUT2D eigenvalue weighted by Crippen LogP contribution is 2.16. The lowest BCUT2D eigenvalue weighted by atomic mass is 10.2. The topological polar surface area (TPSA) is 47.0 Å². The Balaban J connectivity index is 2.04. The van der Waals surface area contributed by atoms with Gasteiger partial charge in [0.25, 0.3) is 0 Å². The molecule has 2 rings (SSSR count). The number of halogens is 1. The van der Waals surface area contributed by atoms with E-state index >= 15 is 0 Å². The Morgan fingerprint density at radius 1 is 1.22 bits per heavy atom. The van der Waals surface area contributed by atoms with Crippen molar-refractivity contribution in [1.29, 1.82) is 0 Å². The van der Waals surface area contributed by atoms with Gasteiger partial charge in [-0.05, 0) is 30.7 Å². The number of hydrogen-bond donors (Lipinski definition) is 1. The Kier molecular flexibility index (Phi) is 3.72. The summed E-state index contributed by atoms with van der Waals surface area (Å²) in [5.74, 6) is 0.183. The lowest BCUT2D eigenvalue weighted by Gasteiger charge is -2.07. The lowest BCUT2D eigenvalue weighted by molar-refractivity contribution is 0.391. The van der Waals surface area contributed by atoms with E-state index in [1.54, 1.807) is 24.3 Å². The van der Waals surface area contributed by atoms with Crippen molar-refractivity contribution in [2.75, 3.05) is 12.4 Å². The Labute approximate surface area is 105 Å². The summed E-state index contributed by atoms with van der Waals surface area (Å²) in [6.07, 6.45) is 0. The van der Waals surface area contributed by atoms with E-state index in [4.69, 9.17) is 4.74 Å². The zero-order valence-electron chi connectivity index (χ0n) is 10.3. The second kappa shape index (κ2) is 5.44. The average molecular weight is 247 g/mol. The van der Waals surface area contributed by atoms with Crippen LogP contribution in [0.2, 0.25) is 0 Å². The first-order valence-corrected chi connectivity index (χ1v) is 5.55. The van der Waals surface area contributed by atoms with Gasteiger partial charge in [-0.3, -0.25) is 0 Å². The van der Waals surface area contributed by atoms with Gasteiger partial charge in [0.15, 0.2) is 0 Å².